The summed E-state index contributed by atoms with van der Waals surface area (Å²) in [5.41, 5.74) is -0.847. The number of ether oxygens (including phenoxy) is 1. The van der Waals surface area contributed by atoms with E-state index in [2.05, 4.69) is 12.2 Å². The minimum Gasteiger partial charge on any atom is -0.480 e. The minimum atomic E-state index is -0.847. The van der Waals surface area contributed by atoms with E-state index in [0.717, 1.165) is 19.4 Å². The van der Waals surface area contributed by atoms with Crippen molar-refractivity contribution in [1.82, 2.24) is 5.32 Å². The number of hydrogen-bond acceptors (Lipinski definition) is 3. The maximum atomic E-state index is 11.3. The molecule has 0 aliphatic carbocycles. The third-order valence-electron chi connectivity index (χ3n) is 3.19. The van der Waals surface area contributed by atoms with Crippen LogP contribution in [0.5, 0.6) is 0 Å². The van der Waals surface area contributed by atoms with Crippen molar-refractivity contribution >= 4 is 5.97 Å². The van der Waals surface area contributed by atoms with Crippen molar-refractivity contribution in [2.45, 2.75) is 77.8 Å². The Balaban J connectivity index is 3.74. The van der Waals surface area contributed by atoms with Gasteiger partial charge in [-0.3, -0.25) is 10.1 Å². The number of hydrogen-bond donors (Lipinski definition) is 2. The van der Waals surface area contributed by atoms with Gasteiger partial charge in [-0.2, -0.15) is 0 Å². The summed E-state index contributed by atoms with van der Waals surface area (Å²) in [6.45, 7) is 9.30. The van der Waals surface area contributed by atoms with Crippen LogP contribution in [0.1, 0.15) is 66.2 Å². The summed E-state index contributed by atoms with van der Waals surface area (Å²) in [4.78, 5) is 11.3. The Kier molecular flexibility index (Phi) is 9.88. The van der Waals surface area contributed by atoms with Gasteiger partial charge in [0.05, 0.1) is 0 Å². The van der Waals surface area contributed by atoms with Crippen LogP contribution in [0.15, 0.2) is 0 Å². The molecule has 19 heavy (non-hydrogen) atoms. The summed E-state index contributed by atoms with van der Waals surface area (Å²) >= 11 is 0. The summed E-state index contributed by atoms with van der Waals surface area (Å²) in [5.74, 6) is -0.788. The number of carbonyl (C=O) groups is 1. The third-order valence-corrected chi connectivity index (χ3v) is 3.19. The molecule has 0 bridgehead atoms. The molecule has 1 atom stereocenters. The molecule has 114 valence electrons. The van der Waals surface area contributed by atoms with Crippen molar-refractivity contribution in [3.63, 3.8) is 0 Å². The Labute approximate surface area is 117 Å². The van der Waals surface area contributed by atoms with Crippen molar-refractivity contribution in [3.8, 4) is 0 Å². The fourth-order valence-corrected chi connectivity index (χ4v) is 2.14. The fraction of sp³-hybridized carbons (Fsp3) is 0.933. The number of aliphatic carboxylic acids is 1. The molecule has 0 saturated heterocycles. The highest BCUT2D eigenvalue weighted by Gasteiger charge is 2.32. The summed E-state index contributed by atoms with van der Waals surface area (Å²) < 4.78 is 5.54. The molecule has 2 N–H and O–H groups in total. The van der Waals surface area contributed by atoms with Crippen LogP contribution in [0, 0.1) is 0 Å². The molecule has 1 unspecified atom stereocenters. The molecule has 4 nitrogen and oxygen atoms in total. The molecule has 0 radical (unpaired) electrons. The highest BCUT2D eigenvalue weighted by atomic mass is 16.5. The van der Waals surface area contributed by atoms with E-state index in [0.29, 0.717) is 13.0 Å². The quantitative estimate of drug-likeness (QED) is 0.536. The second-order valence-corrected chi connectivity index (χ2v) is 5.71. The van der Waals surface area contributed by atoms with Crippen molar-refractivity contribution in [3.05, 3.63) is 0 Å². The normalized spacial score (nSPS) is 14.6. The van der Waals surface area contributed by atoms with Crippen molar-refractivity contribution in [2.75, 3.05) is 13.2 Å². The molecular formula is C15H31NO3. The van der Waals surface area contributed by atoms with Crippen LogP contribution in [-0.4, -0.2) is 35.9 Å². The van der Waals surface area contributed by atoms with Gasteiger partial charge in [0.2, 0.25) is 0 Å². The predicted molar refractivity (Wildman–Crippen MR) is 78.5 cm³/mol. The Bertz CT molecular complexity index is 244. The van der Waals surface area contributed by atoms with Crippen molar-refractivity contribution < 1.29 is 14.6 Å². The molecule has 0 fully saturated rings. The minimum absolute atomic E-state index is 0.163. The van der Waals surface area contributed by atoms with Crippen LogP contribution in [0.25, 0.3) is 0 Å². The monoisotopic (exact) mass is 273 g/mol. The molecule has 0 rings (SSSR count). The summed E-state index contributed by atoms with van der Waals surface area (Å²) in [7, 11) is 0. The molecule has 0 aromatic rings. The Morgan fingerprint density at radius 1 is 1.21 bits per heavy atom. The van der Waals surface area contributed by atoms with Crippen LogP contribution >= 0.6 is 0 Å². The van der Waals surface area contributed by atoms with Crippen LogP contribution < -0.4 is 5.32 Å². The lowest BCUT2D eigenvalue weighted by Gasteiger charge is -2.28. The van der Waals surface area contributed by atoms with Crippen LogP contribution in [0.4, 0.5) is 0 Å². The Hall–Kier alpha value is -0.610. The number of nitrogens with one attached hydrogen (secondary N) is 1. The van der Waals surface area contributed by atoms with Gasteiger partial charge in [0.15, 0.2) is 0 Å². The Morgan fingerprint density at radius 2 is 1.84 bits per heavy atom. The zero-order valence-electron chi connectivity index (χ0n) is 13.0. The van der Waals surface area contributed by atoms with E-state index in [9.17, 15) is 9.90 Å². The molecule has 0 spiro atoms. The molecule has 0 aromatic carbocycles. The van der Waals surface area contributed by atoms with E-state index in [4.69, 9.17) is 4.74 Å². The van der Waals surface area contributed by atoms with Gasteiger partial charge >= 0.3 is 5.97 Å². The van der Waals surface area contributed by atoms with Gasteiger partial charge in [0.1, 0.15) is 5.54 Å². The topological polar surface area (TPSA) is 58.6 Å². The molecule has 0 aromatic heterocycles. The summed E-state index contributed by atoms with van der Waals surface area (Å²) in [6.07, 6.45) is 6.19. The predicted octanol–water partition coefficient (Wildman–Crippen LogP) is 3.20. The SMILES string of the molecule is CCCCCCOCCCC(C)(NC(C)C)C(=O)O. The maximum absolute atomic E-state index is 11.3. The van der Waals surface area contributed by atoms with Gasteiger partial charge in [0, 0.05) is 19.3 Å². The maximum Gasteiger partial charge on any atom is 0.323 e. The van der Waals surface area contributed by atoms with E-state index < -0.39 is 11.5 Å². The second-order valence-electron chi connectivity index (χ2n) is 5.71. The van der Waals surface area contributed by atoms with E-state index >= 15 is 0 Å². The standard InChI is InChI=1S/C15H31NO3/c1-5-6-7-8-11-19-12-9-10-15(4,14(17)18)16-13(2)3/h13,16H,5-12H2,1-4H3,(H,17,18). The van der Waals surface area contributed by atoms with Gasteiger partial charge in [0.25, 0.3) is 0 Å². The zero-order valence-corrected chi connectivity index (χ0v) is 13.0. The summed E-state index contributed by atoms with van der Waals surface area (Å²) in [5, 5.41) is 12.4. The van der Waals surface area contributed by atoms with Gasteiger partial charge < -0.3 is 9.84 Å². The van der Waals surface area contributed by atoms with Crippen LogP contribution in [-0.2, 0) is 9.53 Å². The first-order valence-electron chi connectivity index (χ1n) is 7.51. The Morgan fingerprint density at radius 3 is 2.37 bits per heavy atom. The van der Waals surface area contributed by atoms with Gasteiger partial charge in [-0.05, 0) is 40.0 Å². The van der Waals surface area contributed by atoms with E-state index in [1.165, 1.54) is 19.3 Å². The van der Waals surface area contributed by atoms with E-state index in [1.54, 1.807) is 6.92 Å². The first kappa shape index (κ1) is 18.4. The van der Waals surface area contributed by atoms with Crippen molar-refractivity contribution in [2.24, 2.45) is 0 Å². The molecule has 0 amide bonds. The van der Waals surface area contributed by atoms with Crippen LogP contribution in [0.3, 0.4) is 0 Å². The summed E-state index contributed by atoms with van der Waals surface area (Å²) in [6, 6.07) is 0.163. The molecule has 0 aliphatic heterocycles. The fourth-order valence-electron chi connectivity index (χ4n) is 2.14. The first-order chi connectivity index (χ1) is 8.92. The average Bonchev–Trinajstić information content (AvgIpc) is 2.31. The van der Waals surface area contributed by atoms with Crippen molar-refractivity contribution in [1.29, 1.82) is 0 Å². The zero-order chi connectivity index (χ0) is 14.7. The smallest absolute Gasteiger partial charge is 0.323 e. The van der Waals surface area contributed by atoms with Gasteiger partial charge in [-0.1, -0.05) is 26.2 Å². The third kappa shape index (κ3) is 9.00. The molecule has 4 heteroatoms. The lowest BCUT2D eigenvalue weighted by Crippen LogP contribution is -2.52. The first-order valence-corrected chi connectivity index (χ1v) is 7.51. The van der Waals surface area contributed by atoms with E-state index in [-0.39, 0.29) is 6.04 Å². The second kappa shape index (κ2) is 10.2. The highest BCUT2D eigenvalue weighted by molar-refractivity contribution is 5.78. The van der Waals surface area contributed by atoms with Gasteiger partial charge in [-0.25, -0.2) is 0 Å². The lowest BCUT2D eigenvalue weighted by molar-refractivity contribution is -0.144. The lowest BCUT2D eigenvalue weighted by atomic mass is 9.95. The number of rotatable bonds is 12. The van der Waals surface area contributed by atoms with E-state index in [1.807, 2.05) is 13.8 Å². The number of unbranched alkanes of at least 4 members (excludes halogenated alkanes) is 3. The van der Waals surface area contributed by atoms with Gasteiger partial charge in [-0.15, -0.1) is 0 Å². The molecule has 0 aliphatic rings. The molecule has 0 heterocycles. The average molecular weight is 273 g/mol. The largest absolute Gasteiger partial charge is 0.480 e. The highest BCUT2D eigenvalue weighted by Crippen LogP contribution is 2.14. The number of carboxylic acids is 1. The van der Waals surface area contributed by atoms with Crippen LogP contribution in [0.2, 0.25) is 0 Å². The number of carboxylic acid groups (broad SMARTS) is 1. The molecule has 0 saturated carbocycles. The molecular weight excluding hydrogens is 242 g/mol.